The van der Waals surface area contributed by atoms with Crippen molar-refractivity contribution >= 4 is 21.9 Å². The number of amides is 1. The third kappa shape index (κ3) is 2.66. The van der Waals surface area contributed by atoms with E-state index in [1.807, 2.05) is 0 Å². The number of aromatic carboxylic acids is 1. The molecule has 1 saturated heterocycles. The molecule has 0 radical (unpaired) electrons. The van der Waals surface area contributed by atoms with Gasteiger partial charge in [-0.3, -0.25) is 4.79 Å². The summed E-state index contributed by atoms with van der Waals surface area (Å²) in [7, 11) is -2.44. The van der Waals surface area contributed by atoms with Gasteiger partial charge in [-0.05, 0) is 25.5 Å². The van der Waals surface area contributed by atoms with Crippen LogP contribution in [0, 0.1) is 5.41 Å². The number of furan rings is 1. The summed E-state index contributed by atoms with van der Waals surface area (Å²) in [5.74, 6) is -2.01. The number of hydrogen-bond acceptors (Lipinski definition) is 5. The minimum absolute atomic E-state index is 0.0259. The Labute approximate surface area is 121 Å². The van der Waals surface area contributed by atoms with Gasteiger partial charge in [-0.2, -0.15) is 4.31 Å². The molecule has 116 valence electrons. The second kappa shape index (κ2) is 5.15. The second-order valence-electron chi connectivity index (χ2n) is 5.15. The predicted octanol–water partition coefficient (Wildman–Crippen LogP) is 0.125. The fourth-order valence-corrected chi connectivity index (χ4v) is 3.79. The number of carbonyl (C=O) groups is 2. The first kappa shape index (κ1) is 15.5. The summed E-state index contributed by atoms with van der Waals surface area (Å²) < 4.78 is 30.7. The van der Waals surface area contributed by atoms with E-state index in [1.54, 1.807) is 6.92 Å². The molecule has 1 aliphatic rings. The number of rotatable bonds is 4. The van der Waals surface area contributed by atoms with Gasteiger partial charge in [0.15, 0.2) is 0 Å². The molecule has 1 fully saturated rings. The third-order valence-electron chi connectivity index (χ3n) is 3.60. The van der Waals surface area contributed by atoms with Crippen molar-refractivity contribution in [2.24, 2.45) is 5.41 Å². The summed E-state index contributed by atoms with van der Waals surface area (Å²) in [6, 6.07) is 2.19. The maximum absolute atomic E-state index is 12.4. The van der Waals surface area contributed by atoms with Gasteiger partial charge in [0.1, 0.15) is 0 Å². The molecule has 0 spiro atoms. The van der Waals surface area contributed by atoms with Crippen LogP contribution in [0.3, 0.4) is 0 Å². The van der Waals surface area contributed by atoms with E-state index in [-0.39, 0.29) is 19.0 Å². The fraction of sp³-hybridized carbons (Fsp3) is 0.500. The summed E-state index contributed by atoms with van der Waals surface area (Å²) >= 11 is 0. The zero-order valence-electron chi connectivity index (χ0n) is 11.6. The molecule has 8 nitrogen and oxygen atoms in total. The normalized spacial score (nSPS) is 23.1. The van der Waals surface area contributed by atoms with Crippen LogP contribution in [0.2, 0.25) is 0 Å². The zero-order chi connectivity index (χ0) is 15.8. The largest absolute Gasteiger partial charge is 0.475 e. The van der Waals surface area contributed by atoms with Crippen LogP contribution in [0.1, 0.15) is 23.9 Å². The predicted molar refractivity (Wildman–Crippen MR) is 71.2 cm³/mol. The summed E-state index contributed by atoms with van der Waals surface area (Å²) in [5, 5.41) is 10.8. The van der Waals surface area contributed by atoms with E-state index in [2.05, 4.69) is 5.32 Å². The van der Waals surface area contributed by atoms with Crippen LogP contribution in [0.25, 0.3) is 0 Å². The van der Waals surface area contributed by atoms with Gasteiger partial charge in [0, 0.05) is 20.1 Å². The number of carboxylic acids is 1. The molecule has 1 aromatic rings. The number of hydrogen-bond donors (Lipinski definition) is 2. The maximum Gasteiger partial charge on any atom is 0.371 e. The van der Waals surface area contributed by atoms with Crippen molar-refractivity contribution < 1.29 is 27.5 Å². The van der Waals surface area contributed by atoms with Crippen LogP contribution >= 0.6 is 0 Å². The van der Waals surface area contributed by atoms with Crippen molar-refractivity contribution in [3.05, 3.63) is 17.9 Å². The number of carbonyl (C=O) groups excluding carboxylic acids is 1. The summed E-state index contributed by atoms with van der Waals surface area (Å²) in [6.45, 7) is 1.89. The smallest absolute Gasteiger partial charge is 0.371 e. The van der Waals surface area contributed by atoms with Crippen LogP contribution in [0.4, 0.5) is 0 Å². The molecule has 0 saturated carbocycles. The lowest BCUT2D eigenvalue weighted by atomic mass is 9.89. The number of nitrogens with one attached hydrogen (secondary N) is 1. The minimum Gasteiger partial charge on any atom is -0.475 e. The maximum atomic E-state index is 12.4. The van der Waals surface area contributed by atoms with E-state index in [0.29, 0.717) is 6.42 Å². The summed E-state index contributed by atoms with van der Waals surface area (Å²) in [5.41, 5.74) is -0.802. The Bertz CT molecular complexity index is 680. The summed E-state index contributed by atoms with van der Waals surface area (Å²) in [6.07, 6.45) is 0.387. The van der Waals surface area contributed by atoms with Crippen molar-refractivity contribution in [3.63, 3.8) is 0 Å². The second-order valence-corrected chi connectivity index (χ2v) is 7.02. The van der Waals surface area contributed by atoms with E-state index < -0.39 is 32.3 Å². The molecule has 2 heterocycles. The topological polar surface area (TPSA) is 117 Å². The molecule has 21 heavy (non-hydrogen) atoms. The van der Waals surface area contributed by atoms with Gasteiger partial charge in [-0.25, -0.2) is 13.2 Å². The van der Waals surface area contributed by atoms with Crippen molar-refractivity contribution in [3.8, 4) is 0 Å². The van der Waals surface area contributed by atoms with Crippen LogP contribution in [-0.2, 0) is 14.8 Å². The first-order valence-corrected chi connectivity index (χ1v) is 7.70. The molecule has 0 aliphatic carbocycles. The molecule has 2 rings (SSSR count). The van der Waals surface area contributed by atoms with Crippen LogP contribution in [-0.4, -0.2) is 49.8 Å². The molecule has 1 unspecified atom stereocenters. The molecule has 0 bridgehead atoms. The van der Waals surface area contributed by atoms with Gasteiger partial charge in [-0.1, -0.05) is 0 Å². The minimum atomic E-state index is -3.94. The monoisotopic (exact) mass is 316 g/mol. The van der Waals surface area contributed by atoms with Gasteiger partial charge in [-0.15, -0.1) is 0 Å². The van der Waals surface area contributed by atoms with E-state index in [1.165, 1.54) is 7.05 Å². The Morgan fingerprint density at radius 3 is 2.62 bits per heavy atom. The Hall–Kier alpha value is -1.87. The van der Waals surface area contributed by atoms with Crippen LogP contribution < -0.4 is 5.32 Å². The average molecular weight is 316 g/mol. The highest BCUT2D eigenvalue weighted by molar-refractivity contribution is 7.89. The van der Waals surface area contributed by atoms with Gasteiger partial charge in [0.05, 0.1) is 5.41 Å². The van der Waals surface area contributed by atoms with Gasteiger partial charge < -0.3 is 14.8 Å². The molecule has 1 aromatic heterocycles. The highest BCUT2D eigenvalue weighted by atomic mass is 32.2. The Morgan fingerprint density at radius 1 is 1.43 bits per heavy atom. The van der Waals surface area contributed by atoms with E-state index in [0.717, 1.165) is 16.4 Å². The fourth-order valence-electron chi connectivity index (χ4n) is 2.31. The molecule has 1 amide bonds. The first-order valence-electron chi connectivity index (χ1n) is 6.26. The number of sulfonamides is 1. The first-order chi connectivity index (χ1) is 9.70. The number of carboxylic acid groups (broad SMARTS) is 1. The van der Waals surface area contributed by atoms with E-state index in [9.17, 15) is 18.0 Å². The van der Waals surface area contributed by atoms with Gasteiger partial charge in [0.25, 0.3) is 10.0 Å². The van der Waals surface area contributed by atoms with Gasteiger partial charge in [0.2, 0.25) is 16.8 Å². The molecule has 9 heteroatoms. The Kier molecular flexibility index (Phi) is 3.81. The third-order valence-corrected chi connectivity index (χ3v) is 5.32. The number of nitrogens with zero attached hydrogens (tertiary/aromatic N) is 1. The van der Waals surface area contributed by atoms with E-state index >= 15 is 0 Å². The molecule has 1 atom stereocenters. The van der Waals surface area contributed by atoms with Crippen molar-refractivity contribution in [1.29, 1.82) is 0 Å². The van der Waals surface area contributed by atoms with Crippen molar-refractivity contribution in [2.45, 2.75) is 18.4 Å². The Balaban J connectivity index is 2.25. The van der Waals surface area contributed by atoms with Crippen LogP contribution in [0.15, 0.2) is 21.6 Å². The molecule has 1 aliphatic heterocycles. The molecular formula is C12H16N2O6S. The molecule has 2 N–H and O–H groups in total. The lowest BCUT2D eigenvalue weighted by Crippen LogP contribution is -2.40. The highest BCUT2D eigenvalue weighted by Gasteiger charge is 2.45. The highest BCUT2D eigenvalue weighted by Crippen LogP contribution is 2.34. The molecular weight excluding hydrogens is 300 g/mol. The zero-order valence-corrected chi connectivity index (χ0v) is 12.4. The summed E-state index contributed by atoms with van der Waals surface area (Å²) in [4.78, 5) is 22.5. The SMILES string of the molecule is CNC(=O)C1(C)CCN(S(=O)(=O)c2ccc(C(=O)O)o2)C1. The standard InChI is InChI=1S/C12H16N2O6S/c1-12(11(17)13-2)5-6-14(7-12)21(18,19)9-4-3-8(20-9)10(15)16/h3-4H,5-7H2,1-2H3,(H,13,17)(H,15,16). The average Bonchev–Trinajstić information content (AvgIpc) is 3.05. The van der Waals surface area contributed by atoms with Gasteiger partial charge >= 0.3 is 5.97 Å². The van der Waals surface area contributed by atoms with Crippen LogP contribution in [0.5, 0.6) is 0 Å². The van der Waals surface area contributed by atoms with Crippen molar-refractivity contribution in [1.82, 2.24) is 9.62 Å². The molecule has 0 aromatic carbocycles. The lowest BCUT2D eigenvalue weighted by molar-refractivity contribution is -0.128. The lowest BCUT2D eigenvalue weighted by Gasteiger charge is -2.21. The Morgan fingerprint density at radius 2 is 2.10 bits per heavy atom. The van der Waals surface area contributed by atoms with E-state index in [4.69, 9.17) is 9.52 Å². The quantitative estimate of drug-likeness (QED) is 0.815. The van der Waals surface area contributed by atoms with Crippen molar-refractivity contribution in [2.75, 3.05) is 20.1 Å².